The number of ether oxygens (including phenoxy) is 1. The van der Waals surface area contributed by atoms with Gasteiger partial charge in [-0.2, -0.15) is 5.10 Å². The minimum Gasteiger partial charge on any atom is -0.384 e. The summed E-state index contributed by atoms with van der Waals surface area (Å²) in [5.41, 5.74) is 11.0. The molecule has 6 heteroatoms. The van der Waals surface area contributed by atoms with Crippen molar-refractivity contribution in [3.05, 3.63) is 59.7 Å². The lowest BCUT2D eigenvalue weighted by Crippen LogP contribution is -2.28. The van der Waals surface area contributed by atoms with Crippen LogP contribution in [0.1, 0.15) is 31.5 Å². The predicted octanol–water partition coefficient (Wildman–Crippen LogP) is 4.46. The highest BCUT2D eigenvalue weighted by atomic mass is 19.1. The molecule has 0 saturated carbocycles. The van der Waals surface area contributed by atoms with Crippen LogP contribution in [0.25, 0.3) is 27.5 Å². The Kier molecular flexibility index (Phi) is 5.15. The van der Waals surface area contributed by atoms with Crippen LogP contribution < -0.4 is 5.73 Å². The molecule has 0 aliphatic carbocycles. The molecule has 0 atom stereocenters. The summed E-state index contributed by atoms with van der Waals surface area (Å²) in [5.74, 6) is -0.247. The summed E-state index contributed by atoms with van der Waals surface area (Å²) in [7, 11) is 1.72. The van der Waals surface area contributed by atoms with Crippen LogP contribution in [0.4, 0.5) is 4.39 Å². The number of methoxy groups -OCH3 is 1. The number of fused-ring (bicyclic) bond motifs is 2. The molecule has 2 aromatic carbocycles. The normalized spacial score (nSPS) is 12.3. The molecule has 0 unspecified atom stereocenters. The van der Waals surface area contributed by atoms with E-state index < -0.39 is 0 Å². The number of aromatic nitrogens is 3. The van der Waals surface area contributed by atoms with E-state index in [1.165, 1.54) is 28.8 Å². The molecule has 0 fully saturated rings. The molecule has 152 valence electrons. The van der Waals surface area contributed by atoms with Crippen LogP contribution in [-0.4, -0.2) is 35.0 Å². The van der Waals surface area contributed by atoms with E-state index in [4.69, 9.17) is 10.5 Å². The molecule has 29 heavy (non-hydrogen) atoms. The number of H-pyrrole nitrogens is 1. The summed E-state index contributed by atoms with van der Waals surface area (Å²) in [6.07, 6.45) is 3.58. The molecule has 4 aromatic rings. The van der Waals surface area contributed by atoms with E-state index in [9.17, 15) is 4.39 Å². The number of rotatable bonds is 7. The Labute approximate surface area is 169 Å². The van der Waals surface area contributed by atoms with Gasteiger partial charge in [0.05, 0.1) is 23.8 Å². The second kappa shape index (κ2) is 7.61. The molecule has 0 amide bonds. The van der Waals surface area contributed by atoms with E-state index in [0.29, 0.717) is 13.2 Å². The lowest BCUT2D eigenvalue weighted by atomic mass is 9.85. The van der Waals surface area contributed by atoms with E-state index in [-0.39, 0.29) is 11.2 Å². The van der Waals surface area contributed by atoms with E-state index >= 15 is 0 Å². The fourth-order valence-electron chi connectivity index (χ4n) is 4.32. The molecule has 0 radical (unpaired) electrons. The van der Waals surface area contributed by atoms with E-state index in [1.807, 2.05) is 18.3 Å². The number of benzene rings is 2. The number of aryl methyl sites for hydroxylation is 1. The van der Waals surface area contributed by atoms with Gasteiger partial charge in [-0.15, -0.1) is 0 Å². The minimum absolute atomic E-state index is 0.247. The van der Waals surface area contributed by atoms with Crippen molar-refractivity contribution in [1.29, 1.82) is 0 Å². The van der Waals surface area contributed by atoms with Gasteiger partial charge in [0.2, 0.25) is 0 Å². The van der Waals surface area contributed by atoms with Crippen LogP contribution in [0.15, 0.2) is 42.6 Å². The van der Waals surface area contributed by atoms with Gasteiger partial charge in [-0.1, -0.05) is 13.8 Å². The van der Waals surface area contributed by atoms with Crippen LogP contribution in [0.5, 0.6) is 0 Å². The third kappa shape index (κ3) is 3.43. The lowest BCUT2D eigenvalue weighted by molar-refractivity contribution is 0.143. The first-order valence-electron chi connectivity index (χ1n) is 9.92. The fourth-order valence-corrected chi connectivity index (χ4v) is 4.32. The largest absolute Gasteiger partial charge is 0.384 e. The summed E-state index contributed by atoms with van der Waals surface area (Å²) in [4.78, 5) is 0. The Hall–Kier alpha value is -2.70. The monoisotopic (exact) mass is 394 g/mol. The van der Waals surface area contributed by atoms with Crippen LogP contribution in [-0.2, 0) is 16.6 Å². The Morgan fingerprint density at radius 2 is 1.97 bits per heavy atom. The second-order valence-electron chi connectivity index (χ2n) is 8.17. The first-order chi connectivity index (χ1) is 14.0. The van der Waals surface area contributed by atoms with Gasteiger partial charge in [-0.05, 0) is 61.3 Å². The van der Waals surface area contributed by atoms with Gasteiger partial charge < -0.3 is 15.0 Å². The van der Waals surface area contributed by atoms with Crippen molar-refractivity contribution >= 4 is 21.8 Å². The molecule has 0 spiro atoms. The van der Waals surface area contributed by atoms with Crippen LogP contribution in [0.2, 0.25) is 0 Å². The molecule has 5 nitrogen and oxygen atoms in total. The number of nitrogens with two attached hydrogens (primary N) is 1. The molecular formula is C23H27FN4O. The summed E-state index contributed by atoms with van der Waals surface area (Å²) >= 11 is 0. The van der Waals surface area contributed by atoms with Gasteiger partial charge in [-0.3, -0.25) is 5.10 Å². The molecule has 0 aliphatic heterocycles. The van der Waals surface area contributed by atoms with Crippen LogP contribution in [0, 0.1) is 5.82 Å². The molecule has 0 saturated heterocycles. The Morgan fingerprint density at radius 1 is 1.21 bits per heavy atom. The summed E-state index contributed by atoms with van der Waals surface area (Å²) < 4.78 is 21.5. The van der Waals surface area contributed by atoms with Gasteiger partial charge in [0.25, 0.3) is 0 Å². The average Bonchev–Trinajstić information content (AvgIpc) is 3.27. The maximum Gasteiger partial charge on any atom is 0.123 e. The third-order valence-corrected chi connectivity index (χ3v) is 5.49. The first-order valence-corrected chi connectivity index (χ1v) is 9.92. The SMILES string of the molecule is COCC(C)(C)c1c(CCCN)c2cc3[nH]ncc3cc2n1-c1ccc(F)cc1. The first kappa shape index (κ1) is 19.6. The zero-order valence-electron chi connectivity index (χ0n) is 17.1. The molecular weight excluding hydrogens is 367 g/mol. The van der Waals surface area contributed by atoms with Crippen molar-refractivity contribution in [3.8, 4) is 5.69 Å². The Balaban J connectivity index is 2.11. The Morgan fingerprint density at radius 3 is 2.66 bits per heavy atom. The standard InChI is InChI=1S/C23H27FN4O/c1-23(2,14-29-3)22-18(5-4-10-25)19-12-20-15(13-26-27-20)11-21(19)28(22)17-8-6-16(24)7-9-17/h6-9,11-13H,4-5,10,14,25H2,1-3H3,(H,26,27). The quantitative estimate of drug-likeness (QED) is 0.486. The second-order valence-corrected chi connectivity index (χ2v) is 8.17. The van der Waals surface area contributed by atoms with Gasteiger partial charge in [-0.25, -0.2) is 4.39 Å². The van der Waals surface area contributed by atoms with Gasteiger partial charge in [0.15, 0.2) is 0 Å². The highest BCUT2D eigenvalue weighted by Gasteiger charge is 2.31. The molecule has 4 rings (SSSR count). The zero-order chi connectivity index (χ0) is 20.6. The topological polar surface area (TPSA) is 68.9 Å². The van der Waals surface area contributed by atoms with Crippen molar-refractivity contribution < 1.29 is 9.13 Å². The van der Waals surface area contributed by atoms with Crippen molar-refractivity contribution in [3.63, 3.8) is 0 Å². The third-order valence-electron chi connectivity index (χ3n) is 5.49. The molecule has 0 aliphatic rings. The maximum absolute atomic E-state index is 13.7. The highest BCUT2D eigenvalue weighted by Crippen LogP contribution is 2.39. The van der Waals surface area contributed by atoms with Gasteiger partial charge in [0.1, 0.15) is 5.82 Å². The highest BCUT2D eigenvalue weighted by molar-refractivity contribution is 5.98. The molecule has 0 bridgehead atoms. The van der Waals surface area contributed by atoms with Crippen LogP contribution >= 0.6 is 0 Å². The van der Waals surface area contributed by atoms with Crippen molar-refractivity contribution in [2.75, 3.05) is 20.3 Å². The number of nitrogens with one attached hydrogen (secondary N) is 1. The van der Waals surface area contributed by atoms with Crippen molar-refractivity contribution in [1.82, 2.24) is 14.8 Å². The van der Waals surface area contributed by atoms with Gasteiger partial charge >= 0.3 is 0 Å². The number of aromatic amines is 1. The van der Waals surface area contributed by atoms with Crippen molar-refractivity contribution in [2.45, 2.75) is 32.1 Å². The average molecular weight is 394 g/mol. The summed E-state index contributed by atoms with van der Waals surface area (Å²) in [6, 6.07) is 11.0. The van der Waals surface area contributed by atoms with E-state index in [1.54, 1.807) is 7.11 Å². The van der Waals surface area contributed by atoms with Crippen LogP contribution in [0.3, 0.4) is 0 Å². The smallest absolute Gasteiger partial charge is 0.123 e. The molecule has 3 N–H and O–H groups in total. The number of hydrogen-bond donors (Lipinski definition) is 2. The number of hydrogen-bond acceptors (Lipinski definition) is 3. The maximum atomic E-state index is 13.7. The molecule has 2 heterocycles. The lowest BCUT2D eigenvalue weighted by Gasteiger charge is -2.28. The zero-order valence-corrected chi connectivity index (χ0v) is 17.1. The minimum atomic E-state index is -0.252. The summed E-state index contributed by atoms with van der Waals surface area (Å²) in [6.45, 7) is 5.56. The Bertz CT molecular complexity index is 1140. The van der Waals surface area contributed by atoms with E-state index in [2.05, 4.69) is 40.7 Å². The summed E-state index contributed by atoms with van der Waals surface area (Å²) in [5, 5.41) is 9.47. The van der Waals surface area contributed by atoms with Crippen molar-refractivity contribution in [2.24, 2.45) is 5.73 Å². The van der Waals surface area contributed by atoms with E-state index in [0.717, 1.165) is 34.9 Å². The molecule has 2 aromatic heterocycles. The number of nitrogens with zero attached hydrogens (tertiary/aromatic N) is 2. The predicted molar refractivity (Wildman–Crippen MR) is 115 cm³/mol. The fraction of sp³-hybridized carbons (Fsp3) is 0.348. The van der Waals surface area contributed by atoms with Gasteiger partial charge in [0, 0.05) is 34.7 Å². The number of halogens is 1.